The number of rotatable bonds is 6. The van der Waals surface area contributed by atoms with Crippen molar-refractivity contribution < 1.29 is 24.2 Å². The molecule has 1 radical (unpaired) electrons. The molecule has 34 heavy (non-hydrogen) atoms. The molecule has 5 nitrogen and oxygen atoms in total. The molecule has 0 heterocycles. The predicted molar refractivity (Wildman–Crippen MR) is 133 cm³/mol. The molecule has 0 aromatic heterocycles. The number of fused-ring (bicyclic) bond motifs is 5. The third-order valence-electron chi connectivity index (χ3n) is 9.92. The Morgan fingerprint density at radius 3 is 2.41 bits per heavy atom. The molecule has 0 aromatic carbocycles. The summed E-state index contributed by atoms with van der Waals surface area (Å²) in [5, 5.41) is 7.46. The molecule has 4 rings (SSSR count). The second-order valence-electron chi connectivity index (χ2n) is 11.5. The summed E-state index contributed by atoms with van der Waals surface area (Å²) in [5.74, 6) is 1.66. The number of hydrogen-bond donors (Lipinski definition) is 1. The Morgan fingerprint density at radius 2 is 1.76 bits per heavy atom. The number of esters is 1. The van der Waals surface area contributed by atoms with Crippen molar-refractivity contribution in [2.24, 2.45) is 28.6 Å². The number of aliphatic hydroxyl groups excluding tert-OH is 1. The van der Waals surface area contributed by atoms with Crippen LogP contribution < -0.4 is 0 Å². The minimum Gasteiger partial charge on any atom is -0.450 e. The van der Waals surface area contributed by atoms with Gasteiger partial charge in [0.15, 0.2) is 17.2 Å². The average molecular weight is 474 g/mol. The van der Waals surface area contributed by atoms with Crippen LogP contribution in [0.15, 0.2) is 11.6 Å². The first-order valence-corrected chi connectivity index (χ1v) is 13.5. The van der Waals surface area contributed by atoms with E-state index in [-0.39, 0.29) is 35.0 Å². The molecule has 1 N–H and O–H groups in total. The number of carbonyl (C=O) groups excluding carboxylic acids is 3. The number of carbonyl (C=O) groups is 3. The standard InChI is InChI=1S/C27H40O4.C2H5O/c1-5-6-7-8-24(30)31-27(18(2)28)16-13-23-21-10-9-19-17-20(29)11-14-25(19,3)22(21)12-15-26(23,27)4;1-2-3/h17,21-23H,5-16H2,1-4H3;3H,1-2H2/t21-,22+,23+,25+,26+,27+;/m1./s1. The van der Waals surface area contributed by atoms with Crippen molar-refractivity contribution >= 4 is 17.5 Å². The van der Waals surface area contributed by atoms with E-state index in [9.17, 15) is 14.4 Å². The third-order valence-corrected chi connectivity index (χ3v) is 9.92. The van der Waals surface area contributed by atoms with Gasteiger partial charge in [0, 0.05) is 24.9 Å². The minimum absolute atomic E-state index is 0. The van der Waals surface area contributed by atoms with Crippen LogP contribution in [-0.2, 0) is 19.1 Å². The van der Waals surface area contributed by atoms with Gasteiger partial charge in [0.1, 0.15) is 0 Å². The molecule has 0 aromatic rings. The van der Waals surface area contributed by atoms with Crippen LogP contribution in [0, 0.1) is 35.5 Å². The van der Waals surface area contributed by atoms with Crippen LogP contribution in [-0.4, -0.2) is 34.9 Å². The monoisotopic (exact) mass is 473 g/mol. The zero-order valence-corrected chi connectivity index (χ0v) is 21.8. The van der Waals surface area contributed by atoms with E-state index in [0.717, 1.165) is 57.8 Å². The van der Waals surface area contributed by atoms with Crippen molar-refractivity contribution in [1.29, 1.82) is 0 Å². The number of unbranched alkanes of at least 4 members (excludes halogenated alkanes) is 2. The number of allylic oxidation sites excluding steroid dienone is 1. The summed E-state index contributed by atoms with van der Waals surface area (Å²) in [6, 6.07) is 0. The fourth-order valence-electron chi connectivity index (χ4n) is 8.14. The second-order valence-corrected chi connectivity index (χ2v) is 11.5. The molecule has 0 unspecified atom stereocenters. The zero-order chi connectivity index (χ0) is 25.1. The van der Waals surface area contributed by atoms with Gasteiger partial charge in [-0.3, -0.25) is 14.4 Å². The Kier molecular flexibility index (Phi) is 8.48. The fraction of sp³-hybridized carbons (Fsp3) is 0.793. The molecule has 3 fully saturated rings. The van der Waals surface area contributed by atoms with Crippen molar-refractivity contribution in [1.82, 2.24) is 0 Å². The van der Waals surface area contributed by atoms with E-state index in [4.69, 9.17) is 9.84 Å². The van der Waals surface area contributed by atoms with Crippen molar-refractivity contribution in [3.05, 3.63) is 18.6 Å². The number of ether oxygens (including phenoxy) is 1. The van der Waals surface area contributed by atoms with Crippen LogP contribution in [0.25, 0.3) is 0 Å². The summed E-state index contributed by atoms with van der Waals surface area (Å²) in [5.41, 5.74) is 0.261. The molecule has 4 aliphatic rings. The van der Waals surface area contributed by atoms with Gasteiger partial charge in [-0.15, -0.1) is 0 Å². The molecule has 0 spiro atoms. The first-order valence-electron chi connectivity index (χ1n) is 13.5. The first kappa shape index (κ1) is 27.1. The Morgan fingerprint density at radius 1 is 1.09 bits per heavy atom. The molecular formula is C29H45O5. The lowest BCUT2D eigenvalue weighted by atomic mass is 9.46. The molecule has 0 amide bonds. The normalized spacial score (nSPS) is 38.5. The molecule has 3 saturated carbocycles. The Labute approximate surface area is 206 Å². The summed E-state index contributed by atoms with van der Waals surface area (Å²) in [4.78, 5) is 37.8. The lowest BCUT2D eigenvalue weighted by Crippen LogP contribution is -2.58. The largest absolute Gasteiger partial charge is 0.450 e. The maximum Gasteiger partial charge on any atom is 0.306 e. The van der Waals surface area contributed by atoms with Crippen molar-refractivity contribution in [3.8, 4) is 0 Å². The van der Waals surface area contributed by atoms with Gasteiger partial charge in [-0.25, -0.2) is 0 Å². The van der Waals surface area contributed by atoms with E-state index in [1.54, 1.807) is 6.92 Å². The Bertz CT molecular complexity index is 815. The van der Waals surface area contributed by atoms with E-state index in [1.807, 2.05) is 6.08 Å². The minimum atomic E-state index is -0.953. The molecule has 4 aliphatic carbocycles. The van der Waals surface area contributed by atoms with E-state index in [2.05, 4.69) is 27.7 Å². The van der Waals surface area contributed by atoms with E-state index in [0.29, 0.717) is 37.0 Å². The van der Waals surface area contributed by atoms with Crippen LogP contribution in [0.3, 0.4) is 0 Å². The smallest absolute Gasteiger partial charge is 0.306 e. The maximum atomic E-state index is 13.1. The maximum absolute atomic E-state index is 13.1. The first-order chi connectivity index (χ1) is 16.1. The van der Waals surface area contributed by atoms with Gasteiger partial charge in [-0.1, -0.05) is 39.2 Å². The van der Waals surface area contributed by atoms with Crippen LogP contribution in [0.2, 0.25) is 0 Å². The number of Topliss-reactive ketones (excluding diaryl/α,β-unsaturated/α-hetero) is 1. The van der Waals surface area contributed by atoms with Gasteiger partial charge in [-0.2, -0.15) is 0 Å². The van der Waals surface area contributed by atoms with Gasteiger partial charge in [-0.05, 0) is 94.5 Å². The van der Waals surface area contributed by atoms with Crippen molar-refractivity contribution in [2.75, 3.05) is 6.61 Å². The van der Waals surface area contributed by atoms with Gasteiger partial charge in [0.2, 0.25) is 0 Å². The van der Waals surface area contributed by atoms with Gasteiger partial charge < -0.3 is 9.84 Å². The molecule has 5 heteroatoms. The summed E-state index contributed by atoms with van der Waals surface area (Å²) in [6.45, 7) is 11.4. The summed E-state index contributed by atoms with van der Waals surface area (Å²) in [6.07, 6.45) is 12.6. The van der Waals surface area contributed by atoms with Crippen molar-refractivity contribution in [2.45, 2.75) is 110 Å². The fourth-order valence-corrected chi connectivity index (χ4v) is 8.14. The van der Waals surface area contributed by atoms with E-state index < -0.39 is 5.60 Å². The molecule has 6 atom stereocenters. The summed E-state index contributed by atoms with van der Waals surface area (Å²) in [7, 11) is 0. The van der Waals surface area contributed by atoms with E-state index >= 15 is 0 Å². The number of hydrogen-bond acceptors (Lipinski definition) is 5. The molecule has 0 aliphatic heterocycles. The molecular weight excluding hydrogens is 428 g/mol. The number of ketones is 2. The van der Waals surface area contributed by atoms with Crippen LogP contribution in [0.4, 0.5) is 0 Å². The molecule has 0 saturated heterocycles. The average Bonchev–Trinajstić information content (AvgIpc) is 3.08. The SMILES string of the molecule is CCCCCC(=O)O[C@]1(C(C)=O)CC[C@H]2[C@@H]3CCC4=CC(=O)CC[C@]4(C)[C@H]3CC[C@@]21C.[CH2]CO. The van der Waals surface area contributed by atoms with Gasteiger partial charge in [0.25, 0.3) is 0 Å². The van der Waals surface area contributed by atoms with Gasteiger partial charge in [0.05, 0.1) is 0 Å². The summed E-state index contributed by atoms with van der Waals surface area (Å²) < 4.78 is 6.16. The number of aliphatic hydroxyl groups is 1. The van der Waals surface area contributed by atoms with Crippen LogP contribution in [0.5, 0.6) is 0 Å². The topological polar surface area (TPSA) is 80.7 Å². The highest BCUT2D eigenvalue weighted by molar-refractivity contribution is 5.91. The Balaban J connectivity index is 0.00000103. The third kappa shape index (κ3) is 4.54. The van der Waals surface area contributed by atoms with Crippen molar-refractivity contribution in [3.63, 3.8) is 0 Å². The lowest BCUT2D eigenvalue weighted by Gasteiger charge is -2.59. The lowest BCUT2D eigenvalue weighted by molar-refractivity contribution is -0.189. The highest BCUT2D eigenvalue weighted by Gasteiger charge is 2.67. The van der Waals surface area contributed by atoms with Crippen LogP contribution in [0.1, 0.15) is 105 Å². The van der Waals surface area contributed by atoms with E-state index in [1.165, 1.54) is 5.57 Å². The highest BCUT2D eigenvalue weighted by Crippen LogP contribution is 2.68. The highest BCUT2D eigenvalue weighted by atomic mass is 16.6. The summed E-state index contributed by atoms with van der Waals surface area (Å²) >= 11 is 0. The zero-order valence-electron chi connectivity index (χ0n) is 21.8. The Hall–Kier alpha value is -1.49. The predicted octanol–water partition coefficient (Wildman–Crippen LogP) is 5.78. The molecule has 0 bridgehead atoms. The second kappa shape index (κ2) is 10.6. The quantitative estimate of drug-likeness (QED) is 0.390. The molecule has 191 valence electrons. The van der Waals surface area contributed by atoms with Gasteiger partial charge >= 0.3 is 5.97 Å². The van der Waals surface area contributed by atoms with Crippen LogP contribution >= 0.6 is 0 Å².